The molecule has 21 heavy (non-hydrogen) atoms. The van der Waals surface area contributed by atoms with Gasteiger partial charge in [-0.2, -0.15) is 5.10 Å². The minimum Gasteiger partial charge on any atom is -0.485 e. The largest absolute Gasteiger partial charge is 0.485 e. The molecule has 0 saturated heterocycles. The number of nitrogens with one attached hydrogen (secondary N) is 1. The summed E-state index contributed by atoms with van der Waals surface area (Å²) < 4.78 is 7.86. The first-order valence-corrected chi connectivity index (χ1v) is 8.14. The normalized spacial score (nSPS) is 11.4. The van der Waals surface area contributed by atoms with Gasteiger partial charge in [-0.05, 0) is 26.8 Å². The van der Waals surface area contributed by atoms with Crippen LogP contribution in [0.1, 0.15) is 40.6 Å². The Hall–Kier alpha value is -1.33. The van der Waals surface area contributed by atoms with Crippen LogP contribution in [0.3, 0.4) is 0 Å². The first-order valence-electron chi connectivity index (χ1n) is 7.33. The number of aromatic nitrogens is 2. The van der Waals surface area contributed by atoms with Crippen molar-refractivity contribution in [3.05, 3.63) is 32.8 Å². The number of hydrogen-bond acceptors (Lipinski definition) is 4. The molecule has 0 aliphatic heterocycles. The molecule has 0 atom stereocenters. The molecule has 0 spiro atoms. The summed E-state index contributed by atoms with van der Waals surface area (Å²) in [6.45, 7) is 12.0. The summed E-state index contributed by atoms with van der Waals surface area (Å²) in [4.78, 5) is 2.69. The average molecular weight is 307 g/mol. The Labute approximate surface area is 131 Å². The second kappa shape index (κ2) is 6.62. The molecule has 0 bridgehead atoms. The summed E-state index contributed by atoms with van der Waals surface area (Å²) in [5, 5.41) is 7.84. The van der Waals surface area contributed by atoms with Crippen LogP contribution in [0.5, 0.6) is 5.75 Å². The molecule has 116 valence electrons. The molecule has 0 saturated carbocycles. The van der Waals surface area contributed by atoms with E-state index in [-0.39, 0.29) is 0 Å². The highest BCUT2D eigenvalue weighted by Crippen LogP contribution is 2.26. The number of hydrogen-bond donors (Lipinski definition) is 1. The highest BCUT2D eigenvalue weighted by molar-refractivity contribution is 7.12. The van der Waals surface area contributed by atoms with Crippen molar-refractivity contribution in [2.24, 2.45) is 7.05 Å². The second-order valence-corrected chi connectivity index (χ2v) is 7.08. The molecule has 2 rings (SSSR count). The van der Waals surface area contributed by atoms with Crippen LogP contribution in [0.15, 0.2) is 6.07 Å². The molecule has 0 radical (unpaired) electrons. The Morgan fingerprint density at radius 2 is 2.05 bits per heavy atom. The smallest absolute Gasteiger partial charge is 0.163 e. The van der Waals surface area contributed by atoms with Gasteiger partial charge in [0.15, 0.2) is 5.75 Å². The molecule has 2 aromatic rings. The zero-order valence-electron chi connectivity index (χ0n) is 13.8. The lowest BCUT2D eigenvalue weighted by atomic mass is 10.2. The predicted octanol–water partition coefficient (Wildman–Crippen LogP) is 3.48. The summed E-state index contributed by atoms with van der Waals surface area (Å²) >= 11 is 1.84. The van der Waals surface area contributed by atoms with Crippen molar-refractivity contribution in [1.82, 2.24) is 15.1 Å². The molecule has 0 aliphatic rings. The van der Waals surface area contributed by atoms with E-state index in [1.165, 1.54) is 15.3 Å². The van der Waals surface area contributed by atoms with Crippen molar-refractivity contribution in [3.8, 4) is 5.75 Å². The molecule has 0 unspecified atom stereocenters. The third kappa shape index (κ3) is 3.86. The maximum atomic E-state index is 6.00. The van der Waals surface area contributed by atoms with Gasteiger partial charge >= 0.3 is 0 Å². The van der Waals surface area contributed by atoms with Crippen molar-refractivity contribution in [3.63, 3.8) is 0 Å². The van der Waals surface area contributed by atoms with E-state index >= 15 is 0 Å². The van der Waals surface area contributed by atoms with E-state index in [9.17, 15) is 0 Å². The minimum atomic E-state index is 0.507. The van der Waals surface area contributed by atoms with Crippen LogP contribution in [0.2, 0.25) is 0 Å². The van der Waals surface area contributed by atoms with Gasteiger partial charge in [-0.15, -0.1) is 11.3 Å². The van der Waals surface area contributed by atoms with Crippen molar-refractivity contribution in [1.29, 1.82) is 0 Å². The Bertz CT molecular complexity index is 613. The molecule has 4 nitrogen and oxygen atoms in total. The van der Waals surface area contributed by atoms with Crippen LogP contribution >= 0.6 is 11.3 Å². The summed E-state index contributed by atoms with van der Waals surface area (Å²) in [7, 11) is 1.95. The van der Waals surface area contributed by atoms with E-state index in [1.807, 2.05) is 36.9 Å². The van der Waals surface area contributed by atoms with Gasteiger partial charge in [-0.25, -0.2) is 0 Å². The fourth-order valence-electron chi connectivity index (χ4n) is 2.24. The molecular weight excluding hydrogens is 282 g/mol. The lowest BCUT2D eigenvalue weighted by Gasteiger charge is -2.06. The topological polar surface area (TPSA) is 39.1 Å². The zero-order valence-corrected chi connectivity index (χ0v) is 14.6. The number of aryl methyl sites for hydroxylation is 3. The van der Waals surface area contributed by atoms with Gasteiger partial charge in [0, 0.05) is 35.0 Å². The Kier molecular flexibility index (Phi) is 5.06. The highest BCUT2D eigenvalue weighted by atomic mass is 32.1. The highest BCUT2D eigenvalue weighted by Gasteiger charge is 2.12. The minimum absolute atomic E-state index is 0.507. The number of rotatable bonds is 6. The molecule has 2 heterocycles. The Morgan fingerprint density at radius 3 is 2.62 bits per heavy atom. The molecule has 0 fully saturated rings. The van der Waals surface area contributed by atoms with E-state index in [1.54, 1.807) is 0 Å². The van der Waals surface area contributed by atoms with E-state index < -0.39 is 0 Å². The third-order valence-corrected chi connectivity index (χ3v) is 4.66. The van der Waals surface area contributed by atoms with Crippen LogP contribution in [0.25, 0.3) is 0 Å². The average Bonchev–Trinajstić information content (AvgIpc) is 2.87. The maximum Gasteiger partial charge on any atom is 0.163 e. The molecular formula is C16H25N3OS. The number of nitrogens with zero attached hydrogens (tertiary/aromatic N) is 2. The lowest BCUT2D eigenvalue weighted by Crippen LogP contribution is -2.21. The van der Waals surface area contributed by atoms with E-state index in [2.05, 4.69) is 37.3 Å². The van der Waals surface area contributed by atoms with Crippen molar-refractivity contribution in [2.75, 3.05) is 0 Å². The lowest BCUT2D eigenvalue weighted by molar-refractivity contribution is 0.301. The van der Waals surface area contributed by atoms with Crippen LogP contribution < -0.4 is 10.1 Å². The summed E-state index contributed by atoms with van der Waals surface area (Å²) in [5.74, 6) is 0.907. The first-order chi connectivity index (χ1) is 9.88. The first kappa shape index (κ1) is 16.0. The van der Waals surface area contributed by atoms with Crippen molar-refractivity contribution in [2.45, 2.75) is 53.8 Å². The number of ether oxygens (including phenoxy) is 1. The van der Waals surface area contributed by atoms with Crippen LogP contribution in [-0.4, -0.2) is 15.8 Å². The quantitative estimate of drug-likeness (QED) is 0.888. The van der Waals surface area contributed by atoms with Gasteiger partial charge in [0.1, 0.15) is 12.3 Å². The van der Waals surface area contributed by atoms with Gasteiger partial charge in [0.25, 0.3) is 0 Å². The SMILES string of the molecule is Cc1nn(C)c(C)c1OCc1cc(CNC(C)C)sc1C. The summed E-state index contributed by atoms with van der Waals surface area (Å²) in [6, 6.07) is 2.75. The monoisotopic (exact) mass is 307 g/mol. The summed E-state index contributed by atoms with van der Waals surface area (Å²) in [5.41, 5.74) is 3.29. The Balaban J connectivity index is 2.03. The van der Waals surface area contributed by atoms with Gasteiger partial charge in [0.2, 0.25) is 0 Å². The zero-order chi connectivity index (χ0) is 15.6. The Morgan fingerprint density at radius 1 is 1.33 bits per heavy atom. The number of thiophene rings is 1. The van der Waals surface area contributed by atoms with Gasteiger partial charge in [0.05, 0.1) is 5.69 Å². The molecule has 5 heteroatoms. The standard InChI is InChI=1S/C16H25N3OS/c1-10(2)17-8-15-7-14(13(5)21-15)9-20-16-11(3)18-19(6)12(16)4/h7,10,17H,8-9H2,1-6H3. The fourth-order valence-corrected chi connectivity index (χ4v) is 3.23. The molecule has 0 aliphatic carbocycles. The van der Waals surface area contributed by atoms with Crippen LogP contribution in [0.4, 0.5) is 0 Å². The van der Waals surface area contributed by atoms with Crippen molar-refractivity contribution < 1.29 is 4.74 Å². The predicted molar refractivity (Wildman–Crippen MR) is 88.0 cm³/mol. The maximum absolute atomic E-state index is 6.00. The second-order valence-electron chi connectivity index (χ2n) is 5.74. The molecule has 0 aromatic carbocycles. The van der Waals surface area contributed by atoms with E-state index in [0.717, 1.165) is 23.7 Å². The van der Waals surface area contributed by atoms with Gasteiger partial charge in [-0.3, -0.25) is 4.68 Å². The van der Waals surface area contributed by atoms with Crippen LogP contribution in [-0.2, 0) is 20.2 Å². The fraction of sp³-hybridized carbons (Fsp3) is 0.562. The molecule has 2 aromatic heterocycles. The van der Waals surface area contributed by atoms with Gasteiger partial charge in [-0.1, -0.05) is 13.8 Å². The molecule has 0 amide bonds. The van der Waals surface area contributed by atoms with E-state index in [0.29, 0.717) is 12.6 Å². The summed E-state index contributed by atoms with van der Waals surface area (Å²) in [6.07, 6.45) is 0. The van der Waals surface area contributed by atoms with Crippen LogP contribution in [0, 0.1) is 20.8 Å². The third-order valence-electron chi connectivity index (χ3n) is 3.57. The van der Waals surface area contributed by atoms with Gasteiger partial charge < -0.3 is 10.1 Å². The van der Waals surface area contributed by atoms with Crippen molar-refractivity contribution >= 4 is 11.3 Å². The molecule has 1 N–H and O–H groups in total. The van der Waals surface area contributed by atoms with E-state index in [4.69, 9.17) is 4.74 Å².